The third-order valence-corrected chi connectivity index (χ3v) is 3.36. The number of hydrogen-bond acceptors (Lipinski definition) is 4. The molecule has 5 nitrogen and oxygen atoms in total. The van der Waals surface area contributed by atoms with Gasteiger partial charge in [-0.2, -0.15) is 0 Å². The van der Waals surface area contributed by atoms with Crippen molar-refractivity contribution in [2.24, 2.45) is 0 Å². The Kier molecular flexibility index (Phi) is 4.07. The van der Waals surface area contributed by atoms with Gasteiger partial charge in [-0.15, -0.1) is 0 Å². The number of carbonyl (C=O) groups is 1. The van der Waals surface area contributed by atoms with E-state index in [9.17, 15) is 15.0 Å². The summed E-state index contributed by atoms with van der Waals surface area (Å²) in [4.78, 5) is 16.1. The van der Waals surface area contributed by atoms with Crippen molar-refractivity contribution in [2.45, 2.75) is 18.6 Å². The lowest BCUT2D eigenvalue weighted by Gasteiger charge is -2.27. The summed E-state index contributed by atoms with van der Waals surface area (Å²) in [7, 11) is 3.88. The van der Waals surface area contributed by atoms with Crippen LogP contribution in [0, 0.1) is 0 Å². The Hall–Kier alpha value is -1.59. The van der Waals surface area contributed by atoms with Gasteiger partial charge < -0.3 is 20.0 Å². The number of para-hydroxylation sites is 1. The number of rotatable bonds is 3. The summed E-state index contributed by atoms with van der Waals surface area (Å²) in [5.41, 5.74) is 0.292. The number of carbonyl (C=O) groups excluding carboxylic acids is 1. The minimum Gasteiger partial charge on any atom is -0.507 e. The molecule has 1 aromatic rings. The summed E-state index contributed by atoms with van der Waals surface area (Å²) in [5, 5.41) is 19.5. The first-order chi connectivity index (χ1) is 8.99. The zero-order valence-corrected chi connectivity index (χ0v) is 11.3. The summed E-state index contributed by atoms with van der Waals surface area (Å²) in [5.74, 6) is -0.237. The largest absolute Gasteiger partial charge is 0.507 e. The van der Waals surface area contributed by atoms with Crippen LogP contribution in [0.5, 0.6) is 5.75 Å². The van der Waals surface area contributed by atoms with Crippen molar-refractivity contribution >= 4 is 5.91 Å². The Morgan fingerprint density at radius 1 is 1.42 bits per heavy atom. The van der Waals surface area contributed by atoms with Gasteiger partial charge in [0.1, 0.15) is 5.75 Å². The van der Waals surface area contributed by atoms with Crippen molar-refractivity contribution in [2.75, 3.05) is 27.2 Å². The molecule has 2 unspecified atom stereocenters. The Labute approximate surface area is 113 Å². The Morgan fingerprint density at radius 2 is 2.11 bits per heavy atom. The Bertz CT molecular complexity index is 462. The first-order valence-corrected chi connectivity index (χ1v) is 6.40. The van der Waals surface area contributed by atoms with Crippen molar-refractivity contribution in [3.05, 3.63) is 29.8 Å². The average molecular weight is 264 g/mol. The van der Waals surface area contributed by atoms with Gasteiger partial charge in [0.05, 0.1) is 11.7 Å². The quantitative estimate of drug-likeness (QED) is 0.836. The van der Waals surface area contributed by atoms with Gasteiger partial charge in [0, 0.05) is 19.1 Å². The van der Waals surface area contributed by atoms with Crippen LogP contribution in [0.15, 0.2) is 24.3 Å². The van der Waals surface area contributed by atoms with E-state index in [4.69, 9.17) is 0 Å². The smallest absolute Gasteiger partial charge is 0.257 e. The topological polar surface area (TPSA) is 64.0 Å². The second-order valence-corrected chi connectivity index (χ2v) is 5.28. The highest BCUT2D eigenvalue weighted by atomic mass is 16.3. The van der Waals surface area contributed by atoms with Crippen molar-refractivity contribution in [1.29, 1.82) is 0 Å². The van der Waals surface area contributed by atoms with Gasteiger partial charge >= 0.3 is 0 Å². The van der Waals surface area contributed by atoms with E-state index in [1.165, 1.54) is 6.07 Å². The molecule has 0 spiro atoms. The normalized spacial score (nSPS) is 23.1. The molecule has 2 rings (SSSR count). The van der Waals surface area contributed by atoms with Crippen molar-refractivity contribution in [1.82, 2.24) is 9.80 Å². The SMILES string of the molecule is CN(C)CC1CC(O)CN1C(=O)c1ccccc1O. The number of phenols is 1. The van der Waals surface area contributed by atoms with Crippen LogP contribution in [0.2, 0.25) is 0 Å². The van der Waals surface area contributed by atoms with Crippen LogP contribution in [-0.2, 0) is 0 Å². The van der Waals surface area contributed by atoms with Crippen LogP contribution in [0.3, 0.4) is 0 Å². The zero-order chi connectivity index (χ0) is 14.0. The fourth-order valence-electron chi connectivity index (χ4n) is 2.54. The van der Waals surface area contributed by atoms with Gasteiger partial charge in [-0.25, -0.2) is 0 Å². The molecule has 1 saturated heterocycles. The second kappa shape index (κ2) is 5.59. The Morgan fingerprint density at radius 3 is 2.74 bits per heavy atom. The lowest BCUT2D eigenvalue weighted by atomic mass is 10.1. The fourth-order valence-corrected chi connectivity index (χ4v) is 2.54. The summed E-state index contributed by atoms with van der Waals surface area (Å²) in [6.45, 7) is 1.03. The Balaban J connectivity index is 2.19. The lowest BCUT2D eigenvalue weighted by Crippen LogP contribution is -2.41. The highest BCUT2D eigenvalue weighted by molar-refractivity contribution is 5.97. The molecule has 1 fully saturated rings. The summed E-state index contributed by atoms with van der Waals surface area (Å²) >= 11 is 0. The maximum Gasteiger partial charge on any atom is 0.257 e. The average Bonchev–Trinajstić information content (AvgIpc) is 2.69. The molecule has 104 valence electrons. The molecule has 1 aliphatic heterocycles. The maximum atomic E-state index is 12.4. The number of hydrogen-bond donors (Lipinski definition) is 2. The van der Waals surface area contributed by atoms with E-state index >= 15 is 0 Å². The molecule has 5 heteroatoms. The number of benzene rings is 1. The molecule has 1 aromatic carbocycles. The number of likely N-dealkylation sites (tertiary alicyclic amines) is 1. The van der Waals surface area contributed by atoms with Crippen LogP contribution in [-0.4, -0.2) is 65.3 Å². The molecule has 0 aliphatic carbocycles. The van der Waals surface area contributed by atoms with E-state index in [-0.39, 0.29) is 17.7 Å². The van der Waals surface area contributed by atoms with E-state index < -0.39 is 6.10 Å². The van der Waals surface area contributed by atoms with Gasteiger partial charge in [0.25, 0.3) is 5.91 Å². The van der Waals surface area contributed by atoms with E-state index in [0.29, 0.717) is 25.1 Å². The number of aliphatic hydroxyl groups excluding tert-OH is 1. The van der Waals surface area contributed by atoms with Crippen LogP contribution in [0.1, 0.15) is 16.8 Å². The van der Waals surface area contributed by atoms with E-state index in [1.54, 1.807) is 23.1 Å². The fraction of sp³-hybridized carbons (Fsp3) is 0.500. The molecule has 1 heterocycles. The van der Waals surface area contributed by atoms with Crippen molar-refractivity contribution < 1.29 is 15.0 Å². The molecule has 19 heavy (non-hydrogen) atoms. The molecule has 0 bridgehead atoms. The summed E-state index contributed by atoms with van der Waals surface area (Å²) in [6, 6.07) is 6.50. The lowest BCUT2D eigenvalue weighted by molar-refractivity contribution is 0.0696. The summed E-state index contributed by atoms with van der Waals surface area (Å²) in [6.07, 6.45) is 0.0945. The minimum atomic E-state index is -0.486. The van der Waals surface area contributed by atoms with Crippen LogP contribution in [0.4, 0.5) is 0 Å². The highest BCUT2D eigenvalue weighted by Gasteiger charge is 2.35. The number of likely N-dealkylation sites (N-methyl/N-ethyl adjacent to an activating group) is 1. The molecular formula is C14H20N2O3. The second-order valence-electron chi connectivity index (χ2n) is 5.28. The number of amides is 1. The molecule has 0 saturated carbocycles. The van der Waals surface area contributed by atoms with E-state index in [0.717, 1.165) is 0 Å². The summed E-state index contributed by atoms with van der Waals surface area (Å²) < 4.78 is 0. The first kappa shape index (κ1) is 13.8. The molecular weight excluding hydrogens is 244 g/mol. The molecule has 2 N–H and O–H groups in total. The number of phenolic OH excluding ortho intramolecular Hbond substituents is 1. The van der Waals surface area contributed by atoms with E-state index in [2.05, 4.69) is 0 Å². The molecule has 1 amide bonds. The maximum absolute atomic E-state index is 12.4. The third-order valence-electron chi connectivity index (χ3n) is 3.36. The van der Waals surface area contributed by atoms with Gasteiger partial charge in [-0.05, 0) is 32.6 Å². The van der Waals surface area contributed by atoms with Gasteiger partial charge in [0.15, 0.2) is 0 Å². The van der Waals surface area contributed by atoms with Crippen LogP contribution < -0.4 is 0 Å². The predicted molar refractivity (Wildman–Crippen MR) is 72.1 cm³/mol. The van der Waals surface area contributed by atoms with E-state index in [1.807, 2.05) is 19.0 Å². The van der Waals surface area contributed by atoms with Crippen molar-refractivity contribution in [3.63, 3.8) is 0 Å². The molecule has 1 aliphatic rings. The van der Waals surface area contributed by atoms with Crippen LogP contribution >= 0.6 is 0 Å². The van der Waals surface area contributed by atoms with Crippen LogP contribution in [0.25, 0.3) is 0 Å². The number of β-amino-alcohol motifs (C(OH)–C–C–N with tert-alkyl or cyclic N) is 1. The molecule has 0 aromatic heterocycles. The zero-order valence-electron chi connectivity index (χ0n) is 11.3. The molecule has 0 radical (unpaired) electrons. The molecule has 2 atom stereocenters. The van der Waals surface area contributed by atoms with Crippen molar-refractivity contribution in [3.8, 4) is 5.75 Å². The third kappa shape index (κ3) is 3.05. The van der Waals surface area contributed by atoms with Gasteiger partial charge in [-0.3, -0.25) is 4.79 Å². The predicted octanol–water partition coefficient (Wildman–Crippen LogP) is 0.529. The minimum absolute atomic E-state index is 0.0162. The number of aliphatic hydroxyl groups is 1. The highest BCUT2D eigenvalue weighted by Crippen LogP contribution is 2.24. The van der Waals surface area contributed by atoms with Gasteiger partial charge in [0.2, 0.25) is 0 Å². The van der Waals surface area contributed by atoms with Gasteiger partial charge in [-0.1, -0.05) is 12.1 Å². The number of nitrogens with zero attached hydrogens (tertiary/aromatic N) is 2. The first-order valence-electron chi connectivity index (χ1n) is 6.40. The standard InChI is InChI=1S/C14H20N2O3/c1-15(2)8-10-7-11(17)9-16(10)14(19)12-5-3-4-6-13(12)18/h3-6,10-11,17-18H,7-9H2,1-2H3. The number of aromatic hydroxyl groups is 1. The monoisotopic (exact) mass is 264 g/mol.